The molecular formula is C12H7Cl3N2OS. The summed E-state index contributed by atoms with van der Waals surface area (Å²) in [7, 11) is 0. The monoisotopic (exact) mass is 332 g/mol. The van der Waals surface area contributed by atoms with Crippen LogP contribution in [0.2, 0.25) is 14.4 Å². The van der Waals surface area contributed by atoms with E-state index in [9.17, 15) is 4.79 Å². The van der Waals surface area contributed by atoms with Gasteiger partial charge in [0.1, 0.15) is 0 Å². The Morgan fingerprint density at radius 1 is 1.16 bits per heavy atom. The smallest absolute Gasteiger partial charge is 0.267 e. The summed E-state index contributed by atoms with van der Waals surface area (Å²) in [6, 6.07) is 8.18. The van der Waals surface area contributed by atoms with Gasteiger partial charge in [-0.05, 0) is 30.3 Å². The molecule has 0 radical (unpaired) electrons. The van der Waals surface area contributed by atoms with Crippen molar-refractivity contribution in [1.82, 2.24) is 5.43 Å². The molecule has 1 aromatic heterocycles. The summed E-state index contributed by atoms with van der Waals surface area (Å²) in [5.41, 5.74) is 2.78. The third kappa shape index (κ3) is 3.94. The lowest BCUT2D eigenvalue weighted by Gasteiger charge is -2.01. The van der Waals surface area contributed by atoms with Crippen LogP contribution >= 0.6 is 46.1 Å². The highest BCUT2D eigenvalue weighted by atomic mass is 35.5. The molecule has 0 bridgehead atoms. The lowest BCUT2D eigenvalue weighted by atomic mass is 10.2. The molecule has 0 saturated carbocycles. The number of benzene rings is 1. The zero-order chi connectivity index (χ0) is 13.8. The number of nitrogens with one attached hydrogen (secondary N) is 1. The van der Waals surface area contributed by atoms with E-state index in [1.165, 1.54) is 23.6 Å². The van der Waals surface area contributed by atoms with Crippen LogP contribution in [0, 0.1) is 0 Å². The van der Waals surface area contributed by atoms with Crippen LogP contribution in [0.5, 0.6) is 0 Å². The second-order valence-corrected chi connectivity index (χ2v) is 6.03. The molecule has 1 aromatic carbocycles. The van der Waals surface area contributed by atoms with Crippen molar-refractivity contribution in [2.75, 3.05) is 0 Å². The van der Waals surface area contributed by atoms with Crippen LogP contribution in [-0.4, -0.2) is 12.1 Å². The molecule has 0 aliphatic rings. The van der Waals surface area contributed by atoms with E-state index in [2.05, 4.69) is 10.5 Å². The van der Waals surface area contributed by atoms with E-state index in [0.29, 0.717) is 19.9 Å². The molecule has 0 aliphatic heterocycles. The minimum absolute atomic E-state index is 0.323. The largest absolute Gasteiger partial charge is 0.271 e. The molecule has 0 aliphatic carbocycles. The molecule has 0 atom stereocenters. The maximum Gasteiger partial charge on any atom is 0.271 e. The first-order valence-corrected chi connectivity index (χ1v) is 7.05. The number of thiophene rings is 1. The second kappa shape index (κ2) is 6.39. The minimum atomic E-state index is -0.363. The number of hydrogen-bond acceptors (Lipinski definition) is 3. The number of amides is 1. The number of carbonyl (C=O) groups is 1. The molecule has 3 nitrogen and oxygen atoms in total. The van der Waals surface area contributed by atoms with Gasteiger partial charge < -0.3 is 0 Å². The van der Waals surface area contributed by atoms with Crippen LogP contribution < -0.4 is 5.43 Å². The Balaban J connectivity index is 2.01. The van der Waals surface area contributed by atoms with E-state index < -0.39 is 0 Å². The summed E-state index contributed by atoms with van der Waals surface area (Å²) in [6.45, 7) is 0. The normalized spacial score (nSPS) is 10.9. The number of hydrazone groups is 1. The third-order valence-corrected chi connectivity index (χ3v) is 4.04. The fourth-order valence-corrected chi connectivity index (χ4v) is 2.49. The van der Waals surface area contributed by atoms with Crippen LogP contribution in [0.25, 0.3) is 0 Å². The van der Waals surface area contributed by atoms with E-state index in [4.69, 9.17) is 34.8 Å². The van der Waals surface area contributed by atoms with Gasteiger partial charge in [0.05, 0.1) is 20.6 Å². The van der Waals surface area contributed by atoms with Gasteiger partial charge in [0.25, 0.3) is 5.91 Å². The van der Waals surface area contributed by atoms with Crippen molar-refractivity contribution in [3.8, 4) is 0 Å². The first-order valence-electron chi connectivity index (χ1n) is 5.10. The van der Waals surface area contributed by atoms with Crippen LogP contribution in [0.3, 0.4) is 0 Å². The van der Waals surface area contributed by atoms with Gasteiger partial charge in [-0.2, -0.15) is 5.10 Å². The number of hydrogen-bond donors (Lipinski definition) is 1. The van der Waals surface area contributed by atoms with Gasteiger partial charge in [-0.3, -0.25) is 4.79 Å². The summed E-state index contributed by atoms with van der Waals surface area (Å²) in [6.07, 6.45) is 1.52. The maximum absolute atomic E-state index is 11.8. The molecule has 0 spiro atoms. The molecule has 98 valence electrons. The van der Waals surface area contributed by atoms with Crippen LogP contribution in [0.1, 0.15) is 15.2 Å². The quantitative estimate of drug-likeness (QED) is 0.653. The van der Waals surface area contributed by atoms with E-state index >= 15 is 0 Å². The average molecular weight is 334 g/mol. The van der Waals surface area contributed by atoms with Gasteiger partial charge in [-0.1, -0.05) is 34.8 Å². The van der Waals surface area contributed by atoms with Crippen molar-refractivity contribution < 1.29 is 4.79 Å². The summed E-state index contributed by atoms with van der Waals surface area (Å²) in [5, 5.41) is 4.56. The number of halogens is 3. The van der Waals surface area contributed by atoms with Crippen LogP contribution in [0.15, 0.2) is 35.4 Å². The van der Waals surface area contributed by atoms with Gasteiger partial charge in [0.2, 0.25) is 0 Å². The fourth-order valence-electron chi connectivity index (χ4n) is 1.25. The summed E-state index contributed by atoms with van der Waals surface area (Å²) in [4.78, 5) is 12.6. The molecule has 1 N–H and O–H groups in total. The number of rotatable bonds is 3. The summed E-state index contributed by atoms with van der Waals surface area (Å²) >= 11 is 18.7. The lowest BCUT2D eigenvalue weighted by Crippen LogP contribution is -2.17. The Hall–Kier alpha value is -1.07. The van der Waals surface area contributed by atoms with Gasteiger partial charge >= 0.3 is 0 Å². The zero-order valence-electron chi connectivity index (χ0n) is 9.36. The highest BCUT2D eigenvalue weighted by molar-refractivity contribution is 7.17. The van der Waals surface area contributed by atoms with E-state index in [0.717, 1.165) is 4.88 Å². The van der Waals surface area contributed by atoms with Crippen molar-refractivity contribution in [3.05, 3.63) is 55.2 Å². The SMILES string of the molecule is O=C(NN=Cc1ccc(Cl)s1)c1ccc(Cl)c(Cl)c1. The molecule has 7 heteroatoms. The Morgan fingerprint density at radius 2 is 1.95 bits per heavy atom. The molecular weight excluding hydrogens is 327 g/mol. The molecule has 0 fully saturated rings. The molecule has 2 aromatic rings. The lowest BCUT2D eigenvalue weighted by molar-refractivity contribution is 0.0955. The van der Waals surface area contributed by atoms with Crippen molar-refractivity contribution >= 4 is 58.3 Å². The number of nitrogens with zero attached hydrogens (tertiary/aromatic N) is 1. The Kier molecular flexibility index (Phi) is 4.82. The predicted octanol–water partition coefficient (Wildman–Crippen LogP) is 4.47. The van der Waals surface area contributed by atoms with Gasteiger partial charge in [-0.25, -0.2) is 5.43 Å². The fraction of sp³-hybridized carbons (Fsp3) is 0. The van der Waals surface area contributed by atoms with Gasteiger partial charge in [-0.15, -0.1) is 11.3 Å². The Labute approximate surface area is 128 Å². The molecule has 1 heterocycles. The Bertz CT molecular complexity index is 640. The number of carbonyl (C=O) groups excluding carboxylic acids is 1. The van der Waals surface area contributed by atoms with E-state index in [1.807, 2.05) is 6.07 Å². The van der Waals surface area contributed by atoms with Gasteiger partial charge in [0.15, 0.2) is 0 Å². The molecule has 19 heavy (non-hydrogen) atoms. The molecule has 0 saturated heterocycles. The maximum atomic E-state index is 11.8. The highest BCUT2D eigenvalue weighted by Gasteiger charge is 2.06. The average Bonchev–Trinajstić information content (AvgIpc) is 2.78. The standard InChI is InChI=1S/C12H7Cl3N2OS/c13-9-3-1-7(5-10(9)14)12(18)17-16-6-8-2-4-11(15)19-8/h1-6H,(H,17,18). The first kappa shape index (κ1) is 14.3. The summed E-state index contributed by atoms with van der Waals surface area (Å²) in [5.74, 6) is -0.363. The van der Waals surface area contributed by atoms with E-state index in [-0.39, 0.29) is 5.91 Å². The van der Waals surface area contributed by atoms with Crippen LogP contribution in [-0.2, 0) is 0 Å². The zero-order valence-corrected chi connectivity index (χ0v) is 12.4. The van der Waals surface area contributed by atoms with Crippen molar-refractivity contribution in [3.63, 3.8) is 0 Å². The molecule has 2 rings (SSSR count). The third-order valence-electron chi connectivity index (χ3n) is 2.13. The van der Waals surface area contributed by atoms with Crippen LogP contribution in [0.4, 0.5) is 0 Å². The summed E-state index contributed by atoms with van der Waals surface area (Å²) < 4.78 is 0.664. The first-order chi connectivity index (χ1) is 9.06. The van der Waals surface area contributed by atoms with Crippen molar-refractivity contribution in [1.29, 1.82) is 0 Å². The minimum Gasteiger partial charge on any atom is -0.267 e. The van der Waals surface area contributed by atoms with Crippen molar-refractivity contribution in [2.24, 2.45) is 5.10 Å². The second-order valence-electron chi connectivity index (χ2n) is 3.47. The van der Waals surface area contributed by atoms with Crippen molar-refractivity contribution in [2.45, 2.75) is 0 Å². The molecule has 1 amide bonds. The predicted molar refractivity (Wildman–Crippen MR) is 80.9 cm³/mol. The highest BCUT2D eigenvalue weighted by Crippen LogP contribution is 2.22. The Morgan fingerprint density at radius 3 is 2.58 bits per heavy atom. The molecule has 0 unspecified atom stereocenters. The van der Waals surface area contributed by atoms with Gasteiger partial charge in [0, 0.05) is 10.4 Å². The van der Waals surface area contributed by atoms with E-state index in [1.54, 1.807) is 18.2 Å². The topological polar surface area (TPSA) is 41.5 Å².